The van der Waals surface area contributed by atoms with Gasteiger partial charge in [0.1, 0.15) is 10.6 Å². The highest BCUT2D eigenvalue weighted by Crippen LogP contribution is 2.59. The van der Waals surface area contributed by atoms with Crippen LogP contribution in [0.1, 0.15) is 62.1 Å². The van der Waals surface area contributed by atoms with Gasteiger partial charge in [-0.05, 0) is 98.7 Å². The molecule has 0 bridgehead atoms. The number of carbonyl (C=O) groups excluding carboxylic acids is 1. The highest BCUT2D eigenvalue weighted by molar-refractivity contribution is 7.92. The van der Waals surface area contributed by atoms with Gasteiger partial charge in [0.25, 0.3) is 0 Å². The summed E-state index contributed by atoms with van der Waals surface area (Å²) < 4.78 is 95.9. The number of sulfone groups is 1. The van der Waals surface area contributed by atoms with Crippen molar-refractivity contribution in [3.63, 3.8) is 0 Å². The third-order valence-corrected chi connectivity index (χ3v) is 11.6. The van der Waals surface area contributed by atoms with Crippen molar-refractivity contribution in [2.75, 3.05) is 0 Å². The Morgan fingerprint density at radius 3 is 2.33 bits per heavy atom. The van der Waals surface area contributed by atoms with Gasteiger partial charge < -0.3 is 10.4 Å². The maximum atomic E-state index is 14.8. The first-order chi connectivity index (χ1) is 18.2. The largest absolute Gasteiger partial charge is 0.426 e. The Balaban J connectivity index is 1.61. The van der Waals surface area contributed by atoms with Crippen LogP contribution in [0.2, 0.25) is 0 Å². The van der Waals surface area contributed by atoms with Gasteiger partial charge >= 0.3 is 6.18 Å². The fraction of sp³-hybridized carbons (Fsp3) is 0.536. The van der Waals surface area contributed by atoms with Crippen LogP contribution >= 0.6 is 0 Å². The molecular formula is C28H30F5NO4S. The smallest absolute Gasteiger partial charge is 0.391 e. The van der Waals surface area contributed by atoms with Gasteiger partial charge in [-0.25, -0.2) is 17.2 Å². The van der Waals surface area contributed by atoms with Gasteiger partial charge in [-0.2, -0.15) is 13.2 Å². The van der Waals surface area contributed by atoms with Crippen molar-refractivity contribution in [3.8, 4) is 0 Å². The van der Waals surface area contributed by atoms with Crippen LogP contribution in [0.15, 0.2) is 47.4 Å². The fourth-order valence-electron chi connectivity index (χ4n) is 6.85. The minimum absolute atomic E-state index is 0.0151. The Bertz CT molecular complexity index is 1380. The molecule has 0 spiro atoms. The average Bonchev–Trinajstić information content (AvgIpc) is 3.47. The molecule has 3 aliphatic carbocycles. The molecule has 0 radical (unpaired) electrons. The summed E-state index contributed by atoms with van der Waals surface area (Å²) in [5.74, 6) is -2.44. The number of rotatable bonds is 5. The molecule has 2 aromatic rings. The van der Waals surface area contributed by atoms with Crippen LogP contribution in [0.5, 0.6) is 0 Å². The van der Waals surface area contributed by atoms with Gasteiger partial charge in [-0.3, -0.25) is 4.79 Å². The molecule has 5 rings (SSSR count). The number of hydrogen-bond acceptors (Lipinski definition) is 4. The Kier molecular flexibility index (Phi) is 6.85. The van der Waals surface area contributed by atoms with E-state index in [1.165, 1.54) is 6.07 Å². The molecule has 0 saturated heterocycles. The number of carbonyl (C=O) groups is 1. The van der Waals surface area contributed by atoms with E-state index >= 15 is 0 Å². The summed E-state index contributed by atoms with van der Waals surface area (Å²) in [7, 11) is -4.28. The minimum atomic E-state index is -5.17. The van der Waals surface area contributed by atoms with Crippen molar-refractivity contribution in [1.29, 1.82) is 0 Å². The van der Waals surface area contributed by atoms with Gasteiger partial charge in [0.05, 0.1) is 17.0 Å². The molecule has 3 aliphatic rings. The SMILES string of the molecule is CC(F)(c1ccc2c(c1)CC[C@H]1[C@H](C(=O)N[C@@H]3CCC[C@H]3O)CC[C@@]21S(=O)(=O)c1ccc(F)cc1)C(F)(F)F. The van der Waals surface area contributed by atoms with E-state index < -0.39 is 61.8 Å². The van der Waals surface area contributed by atoms with Crippen molar-refractivity contribution in [1.82, 2.24) is 5.32 Å². The zero-order valence-electron chi connectivity index (χ0n) is 21.3. The predicted octanol–water partition coefficient (Wildman–Crippen LogP) is 5.24. The van der Waals surface area contributed by atoms with Gasteiger partial charge in [0.15, 0.2) is 9.84 Å². The van der Waals surface area contributed by atoms with Crippen LogP contribution in [0, 0.1) is 17.7 Å². The Morgan fingerprint density at radius 2 is 1.72 bits per heavy atom. The van der Waals surface area contributed by atoms with Crippen molar-refractivity contribution in [2.24, 2.45) is 11.8 Å². The molecule has 2 fully saturated rings. The number of halogens is 5. The number of hydrogen-bond donors (Lipinski definition) is 2. The minimum Gasteiger partial charge on any atom is -0.391 e. The van der Waals surface area contributed by atoms with Crippen molar-refractivity contribution in [2.45, 2.75) is 85.5 Å². The first-order valence-electron chi connectivity index (χ1n) is 13.1. The first kappa shape index (κ1) is 28.0. The lowest BCUT2D eigenvalue weighted by Crippen LogP contribution is -2.49. The molecule has 2 N–H and O–H groups in total. The highest BCUT2D eigenvalue weighted by atomic mass is 32.2. The van der Waals surface area contributed by atoms with Gasteiger partial charge in [-0.1, -0.05) is 18.2 Å². The van der Waals surface area contributed by atoms with E-state index in [-0.39, 0.29) is 47.6 Å². The van der Waals surface area contributed by atoms with Crippen LogP contribution in [-0.2, 0) is 31.5 Å². The number of aliphatic hydroxyl groups excluding tert-OH is 1. The average molecular weight is 572 g/mol. The third-order valence-electron chi connectivity index (χ3n) is 9.02. The number of aliphatic hydroxyl groups is 1. The second-order valence-electron chi connectivity index (χ2n) is 11.1. The first-order valence-corrected chi connectivity index (χ1v) is 14.6. The standard InChI is InChI=1S/C28H30F5NO4S/c1-26(30,28(31,32)33)17-6-12-21-16(15-17)5-11-22-20(25(36)34-23-3-2-4-24(23)35)13-14-27(21,22)39(37,38)19-9-7-18(29)8-10-19/h6-10,12,15,20,22-24,35H,2-5,11,13-14H2,1H3,(H,34,36)/t20-,22+,23-,24-,26?,27-/m1/s1. The summed E-state index contributed by atoms with van der Waals surface area (Å²) in [6.07, 6.45) is -3.38. The summed E-state index contributed by atoms with van der Waals surface area (Å²) in [5, 5.41) is 13.1. The maximum absolute atomic E-state index is 14.8. The Labute approximate surface area is 223 Å². The van der Waals surface area contributed by atoms with E-state index in [2.05, 4.69) is 5.32 Å². The molecule has 1 unspecified atom stereocenters. The number of amides is 1. The molecule has 39 heavy (non-hydrogen) atoms. The molecular weight excluding hydrogens is 541 g/mol. The van der Waals surface area contributed by atoms with E-state index in [9.17, 15) is 40.3 Å². The maximum Gasteiger partial charge on any atom is 0.426 e. The number of alkyl halides is 4. The summed E-state index contributed by atoms with van der Waals surface area (Å²) in [4.78, 5) is 13.3. The lowest BCUT2D eigenvalue weighted by molar-refractivity contribution is -0.228. The predicted molar refractivity (Wildman–Crippen MR) is 133 cm³/mol. The molecule has 212 valence electrons. The summed E-state index contributed by atoms with van der Waals surface area (Å²) in [6.45, 7) is 0.429. The molecule has 6 atom stereocenters. The monoisotopic (exact) mass is 571 g/mol. The van der Waals surface area contributed by atoms with Crippen LogP contribution in [0.4, 0.5) is 22.0 Å². The lowest BCUT2D eigenvalue weighted by atomic mass is 9.72. The summed E-state index contributed by atoms with van der Waals surface area (Å²) in [6, 6.07) is 7.20. The van der Waals surface area contributed by atoms with Crippen LogP contribution in [0.25, 0.3) is 0 Å². The number of benzene rings is 2. The zero-order chi connectivity index (χ0) is 28.4. The van der Waals surface area contributed by atoms with Crippen LogP contribution < -0.4 is 5.32 Å². The van der Waals surface area contributed by atoms with E-state index in [4.69, 9.17) is 0 Å². The molecule has 2 aromatic carbocycles. The zero-order valence-corrected chi connectivity index (χ0v) is 22.1. The van der Waals surface area contributed by atoms with E-state index in [0.717, 1.165) is 42.8 Å². The molecule has 0 aromatic heterocycles. The quantitative estimate of drug-likeness (QED) is 0.380. The third kappa shape index (κ3) is 4.36. The molecule has 2 saturated carbocycles. The molecule has 5 nitrogen and oxygen atoms in total. The highest BCUT2D eigenvalue weighted by Gasteiger charge is 2.62. The molecule has 11 heteroatoms. The van der Waals surface area contributed by atoms with Crippen LogP contribution in [0.3, 0.4) is 0 Å². The number of nitrogens with one attached hydrogen (secondary N) is 1. The van der Waals surface area contributed by atoms with Gasteiger partial charge in [-0.15, -0.1) is 0 Å². The van der Waals surface area contributed by atoms with Gasteiger partial charge in [0, 0.05) is 5.92 Å². The number of aryl methyl sites for hydroxylation is 1. The van der Waals surface area contributed by atoms with Crippen LogP contribution in [-0.4, -0.2) is 37.8 Å². The second-order valence-corrected chi connectivity index (χ2v) is 13.3. The Hall–Kier alpha value is -2.53. The summed E-state index contributed by atoms with van der Waals surface area (Å²) >= 11 is 0. The topological polar surface area (TPSA) is 83.5 Å². The Morgan fingerprint density at radius 1 is 1.03 bits per heavy atom. The second kappa shape index (κ2) is 9.54. The van der Waals surface area contributed by atoms with E-state index in [1.807, 2.05) is 0 Å². The van der Waals surface area contributed by atoms with Gasteiger partial charge in [0.2, 0.25) is 11.6 Å². The normalized spacial score (nSPS) is 30.3. The molecule has 0 aliphatic heterocycles. The van der Waals surface area contributed by atoms with Crippen molar-refractivity contribution < 1.29 is 40.3 Å². The molecule has 1 amide bonds. The number of fused-ring (bicyclic) bond motifs is 3. The lowest BCUT2D eigenvalue weighted by Gasteiger charge is -2.42. The summed E-state index contributed by atoms with van der Waals surface area (Å²) in [5.41, 5.74) is -3.72. The fourth-order valence-corrected chi connectivity index (χ4v) is 9.32. The van der Waals surface area contributed by atoms with E-state index in [1.54, 1.807) is 0 Å². The van der Waals surface area contributed by atoms with Crippen molar-refractivity contribution >= 4 is 15.7 Å². The molecule has 0 heterocycles. The van der Waals surface area contributed by atoms with E-state index in [0.29, 0.717) is 19.8 Å². The van der Waals surface area contributed by atoms with Crippen molar-refractivity contribution in [3.05, 3.63) is 65.0 Å².